The second kappa shape index (κ2) is 7.07. The molecule has 1 aromatic heterocycles. The molecule has 1 atom stereocenters. The number of aromatic nitrogens is 1. The Bertz CT molecular complexity index is 491. The molecule has 0 aromatic carbocycles. The molecule has 1 amide bonds. The molecule has 6 nitrogen and oxygen atoms in total. The maximum Gasteiger partial charge on any atom is 0.252 e. The zero-order valence-corrected chi connectivity index (χ0v) is 13.1. The Balaban J connectivity index is 1.51. The van der Waals surface area contributed by atoms with Crippen LogP contribution < -0.4 is 10.2 Å². The van der Waals surface area contributed by atoms with Crippen molar-refractivity contribution < 1.29 is 9.53 Å². The number of hydrogen-bond donors (Lipinski definition) is 1. The number of carbonyl (C=O) groups excluding carboxylic acids is 1. The lowest BCUT2D eigenvalue weighted by Gasteiger charge is -2.36. The van der Waals surface area contributed by atoms with Gasteiger partial charge in [0.25, 0.3) is 5.91 Å². The summed E-state index contributed by atoms with van der Waals surface area (Å²) in [6.45, 7) is 6.00. The van der Waals surface area contributed by atoms with Gasteiger partial charge in [-0.3, -0.25) is 9.69 Å². The molecule has 1 unspecified atom stereocenters. The smallest absolute Gasteiger partial charge is 0.252 e. The number of nitrogens with zero attached hydrogens (tertiary/aromatic N) is 3. The zero-order chi connectivity index (χ0) is 15.4. The summed E-state index contributed by atoms with van der Waals surface area (Å²) >= 11 is 0. The van der Waals surface area contributed by atoms with Crippen LogP contribution in [0.25, 0.3) is 0 Å². The van der Waals surface area contributed by atoms with Gasteiger partial charge in [0.15, 0.2) is 0 Å². The Labute approximate surface area is 131 Å². The van der Waals surface area contributed by atoms with Crippen LogP contribution in [0, 0.1) is 0 Å². The lowest BCUT2D eigenvalue weighted by Crippen LogP contribution is -2.48. The monoisotopic (exact) mass is 304 g/mol. The summed E-state index contributed by atoms with van der Waals surface area (Å²) in [5.41, 5.74) is 0.600. The molecule has 3 heterocycles. The molecule has 2 aliphatic heterocycles. The molecule has 0 radical (unpaired) electrons. The van der Waals surface area contributed by atoms with Crippen LogP contribution in [0.3, 0.4) is 0 Å². The van der Waals surface area contributed by atoms with Crippen molar-refractivity contribution in [2.75, 3.05) is 51.3 Å². The fourth-order valence-corrected chi connectivity index (χ4v) is 3.09. The summed E-state index contributed by atoms with van der Waals surface area (Å²) in [6, 6.07) is 3.76. The molecule has 2 fully saturated rings. The lowest BCUT2D eigenvalue weighted by atomic mass is 10.2. The molecule has 22 heavy (non-hydrogen) atoms. The van der Waals surface area contributed by atoms with Gasteiger partial charge in [0.2, 0.25) is 0 Å². The molecule has 0 spiro atoms. The molecule has 0 bridgehead atoms. The summed E-state index contributed by atoms with van der Waals surface area (Å²) in [5.74, 6) is 0.852. The molecular weight excluding hydrogens is 280 g/mol. The van der Waals surface area contributed by atoms with Gasteiger partial charge < -0.3 is 15.0 Å². The van der Waals surface area contributed by atoms with Crippen LogP contribution in [0.2, 0.25) is 0 Å². The highest BCUT2D eigenvalue weighted by molar-refractivity contribution is 5.93. The van der Waals surface area contributed by atoms with E-state index < -0.39 is 0 Å². The third kappa shape index (κ3) is 3.56. The van der Waals surface area contributed by atoms with E-state index >= 15 is 0 Å². The van der Waals surface area contributed by atoms with Gasteiger partial charge in [-0.1, -0.05) is 0 Å². The molecule has 120 valence electrons. The molecule has 0 aliphatic carbocycles. The van der Waals surface area contributed by atoms with Crippen LogP contribution in [0.15, 0.2) is 18.3 Å². The van der Waals surface area contributed by atoms with Crippen LogP contribution >= 0.6 is 0 Å². The van der Waals surface area contributed by atoms with E-state index in [2.05, 4.69) is 20.1 Å². The van der Waals surface area contributed by atoms with Crippen molar-refractivity contribution in [2.45, 2.75) is 18.9 Å². The molecular formula is C16H24N4O2. The number of nitrogens with one attached hydrogen (secondary N) is 1. The molecule has 2 aliphatic rings. The van der Waals surface area contributed by atoms with Gasteiger partial charge >= 0.3 is 0 Å². The topological polar surface area (TPSA) is 57.7 Å². The average Bonchev–Trinajstić information content (AvgIpc) is 3.08. The molecule has 3 rings (SSSR count). The number of rotatable bonds is 4. The second-order valence-corrected chi connectivity index (χ2v) is 5.91. The van der Waals surface area contributed by atoms with E-state index in [0.29, 0.717) is 11.7 Å². The van der Waals surface area contributed by atoms with Crippen molar-refractivity contribution in [3.05, 3.63) is 23.9 Å². The fraction of sp³-hybridized carbons (Fsp3) is 0.625. The first-order chi connectivity index (χ1) is 10.8. The van der Waals surface area contributed by atoms with Gasteiger partial charge in [-0.25, -0.2) is 4.98 Å². The predicted molar refractivity (Wildman–Crippen MR) is 85.3 cm³/mol. The molecule has 2 saturated heterocycles. The second-order valence-electron chi connectivity index (χ2n) is 5.91. The van der Waals surface area contributed by atoms with Crippen LogP contribution in [0.1, 0.15) is 23.2 Å². The maximum absolute atomic E-state index is 11.5. The number of carbonyl (C=O) groups is 1. The summed E-state index contributed by atoms with van der Waals surface area (Å²) in [5, 5.41) is 2.61. The first-order valence-corrected chi connectivity index (χ1v) is 8.03. The highest BCUT2D eigenvalue weighted by Gasteiger charge is 2.23. The van der Waals surface area contributed by atoms with E-state index in [4.69, 9.17) is 4.74 Å². The Hall–Kier alpha value is -1.66. The highest BCUT2D eigenvalue weighted by atomic mass is 16.5. The van der Waals surface area contributed by atoms with E-state index in [1.807, 2.05) is 12.1 Å². The average molecular weight is 304 g/mol. The molecule has 1 aromatic rings. The van der Waals surface area contributed by atoms with Crippen molar-refractivity contribution in [2.24, 2.45) is 0 Å². The maximum atomic E-state index is 11.5. The first kappa shape index (κ1) is 15.2. The SMILES string of the molecule is CNC(=O)c1ccc(N2CCN(CC3CCCO3)CC2)nc1. The summed E-state index contributed by atoms with van der Waals surface area (Å²) in [7, 11) is 1.63. The number of amides is 1. The minimum absolute atomic E-state index is 0.0968. The van der Waals surface area contributed by atoms with Crippen molar-refractivity contribution in [1.82, 2.24) is 15.2 Å². The minimum atomic E-state index is -0.0968. The lowest BCUT2D eigenvalue weighted by molar-refractivity contribution is 0.0712. The predicted octanol–water partition coefficient (Wildman–Crippen LogP) is 0.742. The number of piperazine rings is 1. The summed E-state index contributed by atoms with van der Waals surface area (Å²) in [4.78, 5) is 20.7. The Morgan fingerprint density at radius 2 is 2.18 bits per heavy atom. The third-order valence-corrected chi connectivity index (χ3v) is 4.42. The fourth-order valence-electron chi connectivity index (χ4n) is 3.09. The van der Waals surface area contributed by atoms with Gasteiger partial charge in [-0.2, -0.15) is 0 Å². The quantitative estimate of drug-likeness (QED) is 0.889. The van der Waals surface area contributed by atoms with Crippen LogP contribution in [0.5, 0.6) is 0 Å². The van der Waals surface area contributed by atoms with Crippen molar-refractivity contribution in [3.8, 4) is 0 Å². The summed E-state index contributed by atoms with van der Waals surface area (Å²) in [6.07, 6.45) is 4.47. The highest BCUT2D eigenvalue weighted by Crippen LogP contribution is 2.17. The van der Waals surface area contributed by atoms with Crippen molar-refractivity contribution in [3.63, 3.8) is 0 Å². The standard InChI is InChI=1S/C16H24N4O2/c1-17-16(21)13-4-5-15(18-11-13)20-8-6-19(7-9-20)12-14-3-2-10-22-14/h4-5,11,14H,2-3,6-10,12H2,1H3,(H,17,21). The van der Waals surface area contributed by atoms with Crippen molar-refractivity contribution in [1.29, 1.82) is 0 Å². The normalized spacial score (nSPS) is 22.8. The van der Waals surface area contributed by atoms with Gasteiger partial charge in [-0.05, 0) is 25.0 Å². The van der Waals surface area contributed by atoms with E-state index in [9.17, 15) is 4.79 Å². The van der Waals surface area contributed by atoms with E-state index in [1.54, 1.807) is 13.2 Å². The van der Waals surface area contributed by atoms with Crippen LogP contribution in [-0.2, 0) is 4.74 Å². The van der Waals surface area contributed by atoms with Gasteiger partial charge in [0.1, 0.15) is 5.82 Å². The Morgan fingerprint density at radius 1 is 1.36 bits per heavy atom. The summed E-state index contributed by atoms with van der Waals surface area (Å²) < 4.78 is 5.71. The molecule has 1 N–H and O–H groups in total. The largest absolute Gasteiger partial charge is 0.377 e. The Kier molecular flexibility index (Phi) is 4.90. The van der Waals surface area contributed by atoms with Crippen LogP contribution in [-0.4, -0.2) is 68.3 Å². The first-order valence-electron chi connectivity index (χ1n) is 8.03. The molecule has 6 heteroatoms. The molecule has 0 saturated carbocycles. The Morgan fingerprint density at radius 3 is 2.77 bits per heavy atom. The number of ether oxygens (including phenoxy) is 1. The van der Waals surface area contributed by atoms with Gasteiger partial charge in [0, 0.05) is 52.6 Å². The number of hydrogen-bond acceptors (Lipinski definition) is 5. The van der Waals surface area contributed by atoms with E-state index in [1.165, 1.54) is 12.8 Å². The van der Waals surface area contributed by atoms with E-state index in [0.717, 1.165) is 45.1 Å². The van der Waals surface area contributed by atoms with E-state index in [-0.39, 0.29) is 5.91 Å². The van der Waals surface area contributed by atoms with Gasteiger partial charge in [0.05, 0.1) is 11.7 Å². The number of pyridine rings is 1. The van der Waals surface area contributed by atoms with Gasteiger partial charge in [-0.15, -0.1) is 0 Å². The minimum Gasteiger partial charge on any atom is -0.377 e. The van der Waals surface area contributed by atoms with Crippen LogP contribution in [0.4, 0.5) is 5.82 Å². The zero-order valence-electron chi connectivity index (χ0n) is 13.1. The van der Waals surface area contributed by atoms with Crippen molar-refractivity contribution >= 4 is 11.7 Å². The number of anilines is 1. The third-order valence-electron chi connectivity index (χ3n) is 4.42.